The normalized spacial score (nSPS) is 12.4. The summed E-state index contributed by atoms with van der Waals surface area (Å²) in [4.78, 5) is 0. The lowest BCUT2D eigenvalue weighted by Gasteiger charge is -2.10. The number of rotatable bonds is 5. The number of hydrogen-bond donors (Lipinski definition) is 6. The Bertz CT molecular complexity index is 730. The summed E-state index contributed by atoms with van der Waals surface area (Å²) in [5, 5.41) is 41.2. The van der Waals surface area contributed by atoms with Gasteiger partial charge >= 0.3 is 0 Å². The molecule has 0 saturated heterocycles. The summed E-state index contributed by atoms with van der Waals surface area (Å²) in [6, 6.07) is 8.99. The van der Waals surface area contributed by atoms with Crippen LogP contribution in [0.4, 0.5) is 0 Å². The first kappa shape index (κ1) is 17.4. The fraction of sp³-hybridized carbons (Fsp3) is 0. The van der Waals surface area contributed by atoms with E-state index in [0.29, 0.717) is 11.1 Å². The van der Waals surface area contributed by atoms with Crippen molar-refractivity contribution in [2.24, 2.45) is 0 Å². The van der Waals surface area contributed by atoms with E-state index < -0.39 is 0 Å². The lowest BCUT2D eigenvalue weighted by atomic mass is 10.1. The highest BCUT2D eigenvalue weighted by Crippen LogP contribution is 2.27. The molecule has 126 valence electrons. The van der Waals surface area contributed by atoms with E-state index in [1.54, 1.807) is 34.9 Å². The van der Waals surface area contributed by atoms with Crippen LogP contribution in [0.15, 0.2) is 47.8 Å². The first-order valence-corrected chi connectivity index (χ1v) is 7.17. The molecule has 6 heteroatoms. The van der Waals surface area contributed by atoms with E-state index in [2.05, 4.69) is 14.1 Å². The maximum absolute atomic E-state index is 9.58. The van der Waals surface area contributed by atoms with E-state index in [4.69, 9.17) is 0 Å². The highest BCUT2D eigenvalue weighted by atomic mass is 16.3. The number of hydrogen-bond acceptors (Lipinski definition) is 4. The first-order valence-electron chi connectivity index (χ1n) is 7.17. The largest absolute Gasteiger partial charge is 0.504 e. The molecule has 24 heavy (non-hydrogen) atoms. The monoisotopic (exact) mass is 328 g/mol. The summed E-state index contributed by atoms with van der Waals surface area (Å²) in [7, 11) is 7.56. The van der Waals surface area contributed by atoms with Crippen molar-refractivity contribution in [2.75, 3.05) is 0 Å². The van der Waals surface area contributed by atoms with Crippen LogP contribution >= 0.6 is 0 Å². The van der Waals surface area contributed by atoms with Gasteiger partial charge < -0.3 is 31.1 Å². The molecule has 2 aromatic rings. The Morgan fingerprint density at radius 3 is 1.33 bits per heavy atom. The predicted octanol–water partition coefficient (Wildman–Crippen LogP) is 0.601. The van der Waals surface area contributed by atoms with Crippen LogP contribution in [0.1, 0.15) is 11.1 Å². The van der Waals surface area contributed by atoms with Gasteiger partial charge in [-0.3, -0.25) is 0 Å². The molecule has 0 aliphatic rings. The lowest BCUT2D eigenvalue weighted by molar-refractivity contribution is -0.594. The number of benzene rings is 2. The molecule has 0 heterocycles. The van der Waals surface area contributed by atoms with Crippen LogP contribution in [0.5, 0.6) is 23.0 Å². The Balaban J connectivity index is 2.41. The number of nitrogens with two attached hydrogens (primary N) is 2. The molecule has 0 unspecified atom stereocenters. The molecule has 0 spiro atoms. The maximum atomic E-state index is 9.58. The zero-order valence-corrected chi connectivity index (χ0v) is 13.0. The van der Waals surface area contributed by atoms with Gasteiger partial charge in [-0.25, -0.2) is 0 Å². The Kier molecular flexibility index (Phi) is 5.47. The van der Waals surface area contributed by atoms with E-state index in [1.807, 2.05) is 0 Å². The van der Waals surface area contributed by atoms with Gasteiger partial charge in [-0.15, -0.1) is 14.1 Å². The first-order chi connectivity index (χ1) is 11.4. The summed E-state index contributed by atoms with van der Waals surface area (Å²) in [6.45, 7) is 0. The molecule has 0 bridgehead atoms. The van der Waals surface area contributed by atoms with Gasteiger partial charge in [0, 0.05) is 12.2 Å². The third-order valence-corrected chi connectivity index (χ3v) is 3.42. The summed E-state index contributed by atoms with van der Waals surface area (Å²) < 4.78 is 0. The smallest absolute Gasteiger partial charge is 0.163 e. The molecule has 0 fully saturated rings. The van der Waals surface area contributed by atoms with Crippen LogP contribution < -0.4 is 10.6 Å². The summed E-state index contributed by atoms with van der Waals surface area (Å²) in [6.07, 6.45) is 3.56. The Labute approximate surface area is 140 Å². The van der Waals surface area contributed by atoms with Crippen molar-refractivity contribution in [3.05, 3.63) is 73.0 Å². The molecule has 0 atom stereocenters. The standard InChI is InChI=1S/C18H20N2O4/c1-19-13(7-11-3-5-15(21)17(23)9-11)14(20-2)8-12-4-6-16(22)18(24)10-12/h3-10,21-24H,1-2,19-20H2. The van der Waals surface area contributed by atoms with Gasteiger partial charge in [-0.1, -0.05) is 12.1 Å². The van der Waals surface area contributed by atoms with Crippen molar-refractivity contribution in [1.82, 2.24) is 0 Å². The molecular formula is C18H20N2O4. The number of aromatic hydroxyl groups is 4. The van der Waals surface area contributed by atoms with Gasteiger partial charge in [-0.2, -0.15) is 0 Å². The van der Waals surface area contributed by atoms with Crippen molar-refractivity contribution >= 4 is 12.2 Å². The molecule has 0 aliphatic heterocycles. The zero-order valence-electron chi connectivity index (χ0n) is 13.0. The average molecular weight is 328 g/mol. The molecule has 2 aromatic carbocycles. The third kappa shape index (κ3) is 4.07. The zero-order chi connectivity index (χ0) is 17.7. The molecule has 8 N–H and O–H groups in total. The SMILES string of the molecule is [CH2-][NH2+]C(=Cc1ccc(O)c(O)c1)C(=Cc1ccc(O)c(O)c1)[NH2+][CH2-]. The summed E-state index contributed by atoms with van der Waals surface area (Å²) >= 11 is 0. The predicted molar refractivity (Wildman–Crippen MR) is 90.1 cm³/mol. The van der Waals surface area contributed by atoms with Crippen molar-refractivity contribution in [2.45, 2.75) is 0 Å². The maximum Gasteiger partial charge on any atom is 0.163 e. The summed E-state index contributed by atoms with van der Waals surface area (Å²) in [5.41, 5.74) is 2.84. The van der Waals surface area contributed by atoms with Gasteiger partial charge in [0.1, 0.15) is 0 Å². The van der Waals surface area contributed by atoms with E-state index in [1.165, 1.54) is 24.3 Å². The third-order valence-electron chi connectivity index (χ3n) is 3.42. The van der Waals surface area contributed by atoms with Gasteiger partial charge in [0.2, 0.25) is 0 Å². The highest BCUT2D eigenvalue weighted by Gasteiger charge is 2.09. The van der Waals surface area contributed by atoms with Crippen LogP contribution in [-0.4, -0.2) is 20.4 Å². The van der Waals surface area contributed by atoms with E-state index in [0.717, 1.165) is 11.4 Å². The quantitative estimate of drug-likeness (QED) is 0.274. The average Bonchev–Trinajstić information content (AvgIpc) is 2.57. The van der Waals surface area contributed by atoms with Gasteiger partial charge in [0.05, 0.1) is 0 Å². The molecule has 0 radical (unpaired) electrons. The fourth-order valence-corrected chi connectivity index (χ4v) is 2.14. The minimum atomic E-state index is -0.209. The second kappa shape index (κ2) is 7.54. The van der Waals surface area contributed by atoms with Crippen molar-refractivity contribution < 1.29 is 31.1 Å². The Hall–Kier alpha value is -2.96. The van der Waals surface area contributed by atoms with Gasteiger partial charge in [-0.05, 0) is 35.4 Å². The molecular weight excluding hydrogens is 308 g/mol. The van der Waals surface area contributed by atoms with E-state index in [9.17, 15) is 20.4 Å². The Morgan fingerprint density at radius 1 is 0.667 bits per heavy atom. The second-order valence-electron chi connectivity index (χ2n) is 5.10. The van der Waals surface area contributed by atoms with Crippen LogP contribution in [0.3, 0.4) is 0 Å². The molecule has 0 amide bonds. The minimum Gasteiger partial charge on any atom is -0.504 e. The van der Waals surface area contributed by atoms with Crippen LogP contribution in [0.2, 0.25) is 0 Å². The van der Waals surface area contributed by atoms with Crippen molar-refractivity contribution in [3.8, 4) is 23.0 Å². The second-order valence-corrected chi connectivity index (χ2v) is 5.10. The molecule has 2 rings (SSSR count). The fourth-order valence-electron chi connectivity index (χ4n) is 2.14. The molecule has 6 nitrogen and oxygen atoms in total. The highest BCUT2D eigenvalue weighted by molar-refractivity contribution is 5.64. The van der Waals surface area contributed by atoms with Crippen molar-refractivity contribution in [1.29, 1.82) is 0 Å². The van der Waals surface area contributed by atoms with Crippen molar-refractivity contribution in [3.63, 3.8) is 0 Å². The van der Waals surface area contributed by atoms with Crippen LogP contribution in [0, 0.1) is 14.1 Å². The molecule has 0 saturated carbocycles. The van der Waals surface area contributed by atoms with Gasteiger partial charge in [0.15, 0.2) is 34.4 Å². The van der Waals surface area contributed by atoms with Crippen LogP contribution in [-0.2, 0) is 0 Å². The number of phenolic OH excluding ortho intramolecular Hbond substituents is 4. The lowest BCUT2D eigenvalue weighted by Crippen LogP contribution is -2.84. The number of quaternary nitrogens is 2. The molecule has 0 aliphatic carbocycles. The van der Waals surface area contributed by atoms with E-state index >= 15 is 0 Å². The number of phenols is 4. The topological polar surface area (TPSA) is 114 Å². The molecule has 0 aromatic heterocycles. The summed E-state index contributed by atoms with van der Waals surface area (Å²) in [5.74, 6) is -0.794. The Morgan fingerprint density at radius 2 is 1.04 bits per heavy atom. The van der Waals surface area contributed by atoms with Crippen LogP contribution in [0.25, 0.3) is 12.2 Å². The minimum absolute atomic E-state index is 0.189. The van der Waals surface area contributed by atoms with E-state index in [-0.39, 0.29) is 23.0 Å². The van der Waals surface area contributed by atoms with Gasteiger partial charge in [0.25, 0.3) is 0 Å².